The van der Waals surface area contributed by atoms with Gasteiger partial charge in [-0.2, -0.15) is 0 Å². The summed E-state index contributed by atoms with van der Waals surface area (Å²) >= 11 is 0. The van der Waals surface area contributed by atoms with Crippen molar-refractivity contribution >= 4 is 38.6 Å². The third-order valence-electron chi connectivity index (χ3n) is 6.65. The number of piperazine rings is 1. The van der Waals surface area contributed by atoms with Crippen LogP contribution in [0, 0.1) is 0 Å². The number of urea groups is 1. The standard InChI is InChI=1S/C28H30N6O5S/c1-33-13-14-34(28(35)32-40(36,37)22-9-5-4-6-10-22)25(18-33)26-27(31-24-12-8-7-11-23(24)30-26)29-19-15-20(38-2)17-21(16-19)39-3/h4-12,15-17,25H,13-14,18H2,1-3H3,(H,29,31)(H,32,35). The minimum atomic E-state index is -4.07. The van der Waals surface area contributed by atoms with Crippen LogP contribution in [-0.2, 0) is 10.0 Å². The summed E-state index contributed by atoms with van der Waals surface area (Å²) in [6, 6.07) is 19.3. The Morgan fingerprint density at radius 3 is 2.17 bits per heavy atom. The van der Waals surface area contributed by atoms with Crippen LogP contribution in [0.25, 0.3) is 11.0 Å². The Hall–Kier alpha value is -4.42. The lowest BCUT2D eigenvalue weighted by Gasteiger charge is -2.39. The van der Waals surface area contributed by atoms with Gasteiger partial charge in [0.05, 0.1) is 36.2 Å². The number of anilines is 2. The molecule has 0 saturated carbocycles. The van der Waals surface area contributed by atoms with Crippen molar-refractivity contribution in [1.29, 1.82) is 0 Å². The molecular formula is C28H30N6O5S. The maximum absolute atomic E-state index is 13.5. The van der Waals surface area contributed by atoms with Crippen LogP contribution in [-0.4, -0.2) is 75.1 Å². The van der Waals surface area contributed by atoms with Gasteiger partial charge in [-0.05, 0) is 31.3 Å². The summed E-state index contributed by atoms with van der Waals surface area (Å²) in [4.78, 5) is 26.8. The molecule has 1 unspecified atom stereocenters. The van der Waals surface area contributed by atoms with E-state index in [1.807, 2.05) is 31.3 Å². The molecule has 2 N–H and O–H groups in total. The van der Waals surface area contributed by atoms with E-state index in [0.717, 1.165) is 0 Å². The number of methoxy groups -OCH3 is 2. The second-order valence-electron chi connectivity index (χ2n) is 9.37. The van der Waals surface area contributed by atoms with E-state index in [4.69, 9.17) is 19.4 Å². The molecule has 40 heavy (non-hydrogen) atoms. The number of likely N-dealkylation sites (N-methyl/N-ethyl adjacent to an activating group) is 1. The Balaban J connectivity index is 1.55. The zero-order valence-electron chi connectivity index (χ0n) is 22.4. The van der Waals surface area contributed by atoms with Gasteiger partial charge in [0.15, 0.2) is 5.82 Å². The third kappa shape index (κ3) is 5.77. The second-order valence-corrected chi connectivity index (χ2v) is 11.1. The van der Waals surface area contributed by atoms with Gasteiger partial charge in [0.2, 0.25) is 0 Å². The maximum Gasteiger partial charge on any atom is 0.331 e. The van der Waals surface area contributed by atoms with E-state index < -0.39 is 22.1 Å². The fourth-order valence-electron chi connectivity index (χ4n) is 4.58. The molecule has 1 fully saturated rings. The lowest BCUT2D eigenvalue weighted by Crippen LogP contribution is -2.53. The first-order valence-corrected chi connectivity index (χ1v) is 14.1. The molecule has 1 saturated heterocycles. The molecule has 0 aliphatic carbocycles. The van der Waals surface area contributed by atoms with Crippen LogP contribution in [0.4, 0.5) is 16.3 Å². The van der Waals surface area contributed by atoms with Crippen LogP contribution < -0.4 is 19.5 Å². The highest BCUT2D eigenvalue weighted by Crippen LogP contribution is 2.34. The van der Waals surface area contributed by atoms with Gasteiger partial charge in [-0.15, -0.1) is 0 Å². The van der Waals surface area contributed by atoms with Crippen molar-refractivity contribution in [3.63, 3.8) is 0 Å². The number of aromatic nitrogens is 2. The molecule has 0 radical (unpaired) electrons. The maximum atomic E-state index is 13.5. The first-order valence-electron chi connectivity index (χ1n) is 12.6. The Morgan fingerprint density at radius 1 is 0.900 bits per heavy atom. The number of benzene rings is 3. The number of para-hydroxylation sites is 2. The summed E-state index contributed by atoms with van der Waals surface area (Å²) in [6.45, 7) is 1.27. The molecule has 1 aliphatic heterocycles. The van der Waals surface area contributed by atoms with Gasteiger partial charge in [-0.1, -0.05) is 30.3 Å². The summed E-state index contributed by atoms with van der Waals surface area (Å²) in [5.74, 6) is 1.60. The summed E-state index contributed by atoms with van der Waals surface area (Å²) in [6.07, 6.45) is 0. The molecule has 208 valence electrons. The highest BCUT2D eigenvalue weighted by Gasteiger charge is 2.35. The Morgan fingerprint density at radius 2 is 1.52 bits per heavy atom. The number of sulfonamides is 1. The molecule has 1 aromatic heterocycles. The number of nitrogens with one attached hydrogen (secondary N) is 2. The summed E-state index contributed by atoms with van der Waals surface area (Å²) < 4.78 is 39.0. The largest absolute Gasteiger partial charge is 0.497 e. The van der Waals surface area contributed by atoms with Crippen molar-refractivity contribution in [3.8, 4) is 11.5 Å². The van der Waals surface area contributed by atoms with Crippen LogP contribution in [0.5, 0.6) is 11.5 Å². The van der Waals surface area contributed by atoms with Gasteiger partial charge in [-0.25, -0.2) is 27.9 Å². The van der Waals surface area contributed by atoms with Crippen molar-refractivity contribution in [2.24, 2.45) is 0 Å². The van der Waals surface area contributed by atoms with E-state index >= 15 is 0 Å². The summed E-state index contributed by atoms with van der Waals surface area (Å²) in [5, 5.41) is 3.33. The predicted molar refractivity (Wildman–Crippen MR) is 151 cm³/mol. The Kier molecular flexibility index (Phi) is 7.71. The number of hydrogen-bond donors (Lipinski definition) is 2. The van der Waals surface area contributed by atoms with E-state index in [9.17, 15) is 13.2 Å². The number of nitrogens with zero attached hydrogens (tertiary/aromatic N) is 4. The van der Waals surface area contributed by atoms with Gasteiger partial charge in [0, 0.05) is 43.5 Å². The SMILES string of the molecule is COc1cc(Nc2nc3ccccc3nc2C2CN(C)CCN2C(=O)NS(=O)(=O)c2ccccc2)cc(OC)c1. The van der Waals surface area contributed by atoms with Crippen molar-refractivity contribution < 1.29 is 22.7 Å². The summed E-state index contributed by atoms with van der Waals surface area (Å²) in [7, 11) is 1.01. The van der Waals surface area contributed by atoms with E-state index in [2.05, 4.69) is 14.9 Å². The number of carbonyl (C=O) groups excluding carboxylic acids is 1. The monoisotopic (exact) mass is 562 g/mol. The Bertz CT molecular complexity index is 1610. The molecule has 2 amide bonds. The molecule has 12 heteroatoms. The van der Waals surface area contributed by atoms with Crippen molar-refractivity contribution in [2.45, 2.75) is 10.9 Å². The van der Waals surface area contributed by atoms with Crippen LogP contribution in [0.2, 0.25) is 0 Å². The van der Waals surface area contributed by atoms with E-state index in [-0.39, 0.29) is 11.4 Å². The van der Waals surface area contributed by atoms with Crippen LogP contribution in [0.1, 0.15) is 11.7 Å². The molecule has 11 nitrogen and oxygen atoms in total. The smallest absolute Gasteiger partial charge is 0.331 e. The highest BCUT2D eigenvalue weighted by atomic mass is 32.2. The number of hydrogen-bond acceptors (Lipinski definition) is 9. The van der Waals surface area contributed by atoms with Gasteiger partial charge >= 0.3 is 6.03 Å². The fraction of sp³-hybridized carbons (Fsp3) is 0.250. The quantitative estimate of drug-likeness (QED) is 0.346. The molecule has 0 bridgehead atoms. The highest BCUT2D eigenvalue weighted by molar-refractivity contribution is 7.90. The molecular weight excluding hydrogens is 532 g/mol. The molecule has 0 spiro atoms. The first kappa shape index (κ1) is 27.2. The number of fused-ring (bicyclic) bond motifs is 1. The van der Waals surface area contributed by atoms with Gasteiger partial charge in [0.1, 0.15) is 17.2 Å². The third-order valence-corrected chi connectivity index (χ3v) is 7.98. The normalized spacial score (nSPS) is 16.0. The number of amides is 2. The Labute approximate surface area is 232 Å². The van der Waals surface area contributed by atoms with Gasteiger partial charge in [-0.3, -0.25) is 0 Å². The average Bonchev–Trinajstić information content (AvgIpc) is 2.96. The molecule has 5 rings (SSSR count). The van der Waals surface area contributed by atoms with Gasteiger partial charge < -0.3 is 24.6 Å². The average molecular weight is 563 g/mol. The number of ether oxygens (including phenoxy) is 2. The molecule has 2 heterocycles. The zero-order valence-corrected chi connectivity index (χ0v) is 23.2. The zero-order chi connectivity index (χ0) is 28.3. The molecule has 1 aliphatic rings. The predicted octanol–water partition coefficient (Wildman–Crippen LogP) is 3.78. The molecule has 3 aromatic carbocycles. The van der Waals surface area contributed by atoms with Gasteiger partial charge in [0.25, 0.3) is 10.0 Å². The number of carbonyl (C=O) groups is 1. The minimum absolute atomic E-state index is 0.00820. The van der Waals surface area contributed by atoms with E-state index in [0.29, 0.717) is 52.8 Å². The fourth-order valence-corrected chi connectivity index (χ4v) is 5.56. The van der Waals surface area contributed by atoms with Crippen molar-refractivity contribution in [3.05, 3.63) is 78.5 Å². The van der Waals surface area contributed by atoms with Crippen molar-refractivity contribution in [1.82, 2.24) is 24.5 Å². The van der Waals surface area contributed by atoms with Crippen molar-refractivity contribution in [2.75, 3.05) is 46.2 Å². The van der Waals surface area contributed by atoms with Crippen LogP contribution in [0.15, 0.2) is 77.7 Å². The number of rotatable bonds is 7. The molecule has 4 aromatic rings. The summed E-state index contributed by atoms with van der Waals surface area (Å²) in [5.41, 5.74) is 2.46. The lowest BCUT2D eigenvalue weighted by molar-refractivity contribution is 0.110. The first-order chi connectivity index (χ1) is 19.3. The minimum Gasteiger partial charge on any atom is -0.497 e. The lowest BCUT2D eigenvalue weighted by atomic mass is 10.1. The topological polar surface area (TPSA) is 126 Å². The second kappa shape index (κ2) is 11.4. The van der Waals surface area contributed by atoms with Crippen LogP contribution >= 0.6 is 0 Å². The van der Waals surface area contributed by atoms with E-state index in [1.54, 1.807) is 50.6 Å². The van der Waals surface area contributed by atoms with Crippen LogP contribution in [0.3, 0.4) is 0 Å². The molecule has 1 atom stereocenters. The van der Waals surface area contributed by atoms with E-state index in [1.165, 1.54) is 17.0 Å².